The molecular weight excluding hydrogens is 126 g/mol. The second kappa shape index (κ2) is 3.73. The van der Waals surface area contributed by atoms with E-state index in [0.29, 0.717) is 13.0 Å². The Kier molecular flexibility index (Phi) is 2.57. The summed E-state index contributed by atoms with van der Waals surface area (Å²) >= 11 is 0. The van der Waals surface area contributed by atoms with Gasteiger partial charge < -0.3 is 4.74 Å². The van der Waals surface area contributed by atoms with Gasteiger partial charge in [-0.3, -0.25) is 0 Å². The molecule has 1 rings (SSSR count). The minimum Gasteiger partial charge on any atom is -0.497 e. The van der Waals surface area contributed by atoms with Crippen molar-refractivity contribution in [2.75, 3.05) is 6.61 Å². The molecule has 0 bridgehead atoms. The highest BCUT2D eigenvalue weighted by Crippen LogP contribution is 2.09. The summed E-state index contributed by atoms with van der Waals surface area (Å²) in [6.07, 6.45) is 7.04. The Balaban J connectivity index is 2.34. The summed E-state index contributed by atoms with van der Waals surface area (Å²) in [5.41, 5.74) is 1.10. The van der Waals surface area contributed by atoms with Crippen molar-refractivity contribution in [2.45, 2.75) is 12.8 Å². The van der Waals surface area contributed by atoms with E-state index in [1.165, 1.54) is 0 Å². The van der Waals surface area contributed by atoms with Crippen molar-refractivity contribution in [3.8, 4) is 6.07 Å². The van der Waals surface area contributed by atoms with Crippen LogP contribution in [0.25, 0.3) is 0 Å². The Morgan fingerprint density at radius 3 is 3.20 bits per heavy atom. The fourth-order valence-corrected chi connectivity index (χ4v) is 0.792. The summed E-state index contributed by atoms with van der Waals surface area (Å²) in [6.45, 7) is 0.663. The standard InChI is InChI=1S/C8H9NO/c9-5-1-3-8-4-2-6-10-7-8/h2,4,7H,1,3,6H2. The molecule has 1 aliphatic heterocycles. The van der Waals surface area contributed by atoms with E-state index in [1.807, 2.05) is 12.2 Å². The molecule has 0 aromatic heterocycles. The normalized spacial score (nSPS) is 15.3. The number of nitrogens with zero attached hydrogens (tertiary/aromatic N) is 1. The van der Waals surface area contributed by atoms with E-state index in [-0.39, 0.29) is 0 Å². The monoisotopic (exact) mass is 135 g/mol. The maximum atomic E-state index is 8.25. The average Bonchev–Trinajstić information content (AvgIpc) is 2.03. The van der Waals surface area contributed by atoms with Crippen LogP contribution in [0.5, 0.6) is 0 Å². The fraction of sp³-hybridized carbons (Fsp3) is 0.375. The number of ether oxygens (including phenoxy) is 1. The van der Waals surface area contributed by atoms with E-state index in [2.05, 4.69) is 6.07 Å². The molecule has 0 spiro atoms. The molecule has 1 aliphatic rings. The van der Waals surface area contributed by atoms with Crippen molar-refractivity contribution in [1.82, 2.24) is 0 Å². The molecule has 2 heteroatoms. The minimum atomic E-state index is 0.569. The Labute approximate surface area is 60.4 Å². The third-order valence-corrected chi connectivity index (χ3v) is 1.28. The van der Waals surface area contributed by atoms with Crippen molar-refractivity contribution >= 4 is 0 Å². The molecule has 2 nitrogen and oxygen atoms in total. The van der Waals surface area contributed by atoms with Gasteiger partial charge in [0, 0.05) is 6.42 Å². The summed E-state index contributed by atoms with van der Waals surface area (Å²) in [5.74, 6) is 0. The number of hydrogen-bond acceptors (Lipinski definition) is 2. The van der Waals surface area contributed by atoms with Crippen LogP contribution in [0.4, 0.5) is 0 Å². The predicted molar refractivity (Wildman–Crippen MR) is 38.0 cm³/mol. The zero-order valence-corrected chi connectivity index (χ0v) is 5.71. The lowest BCUT2D eigenvalue weighted by Crippen LogP contribution is -1.91. The van der Waals surface area contributed by atoms with E-state index in [1.54, 1.807) is 6.26 Å². The third-order valence-electron chi connectivity index (χ3n) is 1.28. The number of allylic oxidation sites excluding steroid dienone is 2. The van der Waals surface area contributed by atoms with E-state index in [4.69, 9.17) is 10.00 Å². The molecule has 52 valence electrons. The topological polar surface area (TPSA) is 33.0 Å². The molecule has 1 heterocycles. The molecule has 0 atom stereocenters. The van der Waals surface area contributed by atoms with Gasteiger partial charge in [-0.15, -0.1) is 0 Å². The Morgan fingerprint density at radius 1 is 1.70 bits per heavy atom. The van der Waals surface area contributed by atoms with Crippen LogP contribution < -0.4 is 0 Å². The summed E-state index contributed by atoms with van der Waals surface area (Å²) in [5, 5.41) is 8.25. The van der Waals surface area contributed by atoms with Gasteiger partial charge in [0.25, 0.3) is 0 Å². The first-order valence-electron chi connectivity index (χ1n) is 3.27. The Bertz CT molecular complexity index is 198. The molecule has 0 fully saturated rings. The molecule has 0 aromatic carbocycles. The molecule has 0 aliphatic carbocycles. The van der Waals surface area contributed by atoms with Crippen LogP contribution in [0.1, 0.15) is 12.8 Å². The van der Waals surface area contributed by atoms with E-state index < -0.39 is 0 Å². The predicted octanol–water partition coefficient (Wildman–Crippen LogP) is 1.76. The number of rotatable bonds is 2. The van der Waals surface area contributed by atoms with Gasteiger partial charge in [0.05, 0.1) is 12.3 Å². The molecule has 0 saturated heterocycles. The van der Waals surface area contributed by atoms with Crippen LogP contribution in [-0.2, 0) is 4.74 Å². The summed E-state index contributed by atoms with van der Waals surface area (Å²) in [6, 6.07) is 2.08. The van der Waals surface area contributed by atoms with Gasteiger partial charge in [-0.25, -0.2) is 0 Å². The number of nitriles is 1. The first kappa shape index (κ1) is 6.88. The maximum absolute atomic E-state index is 8.25. The SMILES string of the molecule is N#CCCC1=COCC=C1. The molecule has 0 amide bonds. The first-order valence-corrected chi connectivity index (χ1v) is 3.27. The van der Waals surface area contributed by atoms with Crippen molar-refractivity contribution in [2.24, 2.45) is 0 Å². The quantitative estimate of drug-likeness (QED) is 0.578. The Morgan fingerprint density at radius 2 is 2.60 bits per heavy atom. The summed E-state index contributed by atoms with van der Waals surface area (Å²) in [4.78, 5) is 0. The van der Waals surface area contributed by atoms with E-state index in [9.17, 15) is 0 Å². The largest absolute Gasteiger partial charge is 0.497 e. The van der Waals surface area contributed by atoms with Crippen molar-refractivity contribution in [3.63, 3.8) is 0 Å². The summed E-state index contributed by atoms with van der Waals surface area (Å²) < 4.78 is 5.02. The highest BCUT2D eigenvalue weighted by molar-refractivity contribution is 5.19. The highest BCUT2D eigenvalue weighted by Gasteiger charge is 1.95. The lowest BCUT2D eigenvalue weighted by molar-refractivity contribution is 0.281. The van der Waals surface area contributed by atoms with Crippen molar-refractivity contribution in [1.29, 1.82) is 5.26 Å². The van der Waals surface area contributed by atoms with Crippen LogP contribution >= 0.6 is 0 Å². The molecule has 0 radical (unpaired) electrons. The summed E-state index contributed by atoms with van der Waals surface area (Å²) in [7, 11) is 0. The van der Waals surface area contributed by atoms with E-state index >= 15 is 0 Å². The maximum Gasteiger partial charge on any atom is 0.106 e. The molecule has 0 aromatic rings. The van der Waals surface area contributed by atoms with Crippen LogP contribution in [0, 0.1) is 11.3 Å². The zero-order valence-electron chi connectivity index (χ0n) is 5.71. The lowest BCUT2D eigenvalue weighted by Gasteiger charge is -2.04. The van der Waals surface area contributed by atoms with Crippen LogP contribution in [0.2, 0.25) is 0 Å². The van der Waals surface area contributed by atoms with Crippen molar-refractivity contribution < 1.29 is 4.74 Å². The smallest absolute Gasteiger partial charge is 0.106 e. The van der Waals surface area contributed by atoms with Crippen LogP contribution in [-0.4, -0.2) is 6.61 Å². The average molecular weight is 135 g/mol. The van der Waals surface area contributed by atoms with Gasteiger partial charge in [0.15, 0.2) is 0 Å². The molecule has 0 N–H and O–H groups in total. The van der Waals surface area contributed by atoms with Gasteiger partial charge in [-0.05, 0) is 18.1 Å². The zero-order chi connectivity index (χ0) is 7.23. The number of hydrogen-bond donors (Lipinski definition) is 0. The molecular formula is C8H9NO. The van der Waals surface area contributed by atoms with Gasteiger partial charge in [0.2, 0.25) is 0 Å². The van der Waals surface area contributed by atoms with Gasteiger partial charge in [-0.2, -0.15) is 5.26 Å². The van der Waals surface area contributed by atoms with Gasteiger partial charge in [-0.1, -0.05) is 6.08 Å². The minimum absolute atomic E-state index is 0.569. The molecule has 0 saturated carbocycles. The molecule has 0 unspecified atom stereocenters. The van der Waals surface area contributed by atoms with Crippen LogP contribution in [0.3, 0.4) is 0 Å². The van der Waals surface area contributed by atoms with Gasteiger partial charge in [0.1, 0.15) is 6.61 Å². The third kappa shape index (κ3) is 1.94. The second-order valence-corrected chi connectivity index (χ2v) is 2.09. The second-order valence-electron chi connectivity index (χ2n) is 2.09. The van der Waals surface area contributed by atoms with Crippen molar-refractivity contribution in [3.05, 3.63) is 24.0 Å². The highest BCUT2D eigenvalue weighted by atomic mass is 16.5. The van der Waals surface area contributed by atoms with Gasteiger partial charge >= 0.3 is 0 Å². The molecule has 10 heavy (non-hydrogen) atoms. The van der Waals surface area contributed by atoms with E-state index in [0.717, 1.165) is 12.0 Å². The first-order chi connectivity index (χ1) is 4.93. The van der Waals surface area contributed by atoms with Crippen LogP contribution in [0.15, 0.2) is 24.0 Å². The fourth-order valence-electron chi connectivity index (χ4n) is 0.792. The Hall–Kier alpha value is -1.23. The lowest BCUT2D eigenvalue weighted by atomic mass is 10.1.